The molecule has 0 bridgehead atoms. The van der Waals surface area contributed by atoms with E-state index in [1.807, 2.05) is 0 Å². The summed E-state index contributed by atoms with van der Waals surface area (Å²) in [4.78, 5) is 18.2. The lowest BCUT2D eigenvalue weighted by atomic mass is 10.1. The summed E-state index contributed by atoms with van der Waals surface area (Å²) in [5, 5.41) is 11.6. The van der Waals surface area contributed by atoms with Gasteiger partial charge in [0.1, 0.15) is 5.82 Å². The van der Waals surface area contributed by atoms with Gasteiger partial charge < -0.3 is 10.2 Å². The van der Waals surface area contributed by atoms with Gasteiger partial charge >= 0.3 is 0 Å². The predicted molar refractivity (Wildman–Crippen MR) is 74.8 cm³/mol. The number of carbonyl (C=O) groups is 1. The zero-order chi connectivity index (χ0) is 14.3. The molecule has 19 heavy (non-hydrogen) atoms. The minimum Gasteiger partial charge on any atom is -0.373 e. The van der Waals surface area contributed by atoms with Crippen molar-refractivity contribution in [3.05, 3.63) is 23.9 Å². The Hall–Kier alpha value is -2.09. The van der Waals surface area contributed by atoms with E-state index in [-0.39, 0.29) is 5.91 Å². The van der Waals surface area contributed by atoms with Gasteiger partial charge in [0.15, 0.2) is 0 Å². The van der Waals surface area contributed by atoms with Gasteiger partial charge in [-0.3, -0.25) is 4.79 Å². The van der Waals surface area contributed by atoms with E-state index in [9.17, 15) is 4.79 Å². The number of anilines is 1. The zero-order valence-corrected chi connectivity index (χ0v) is 11.7. The highest BCUT2D eigenvalue weighted by Crippen LogP contribution is 2.11. The number of hydrogen-bond acceptors (Lipinski definition) is 4. The minimum absolute atomic E-state index is 0.0529. The second-order valence-electron chi connectivity index (χ2n) is 4.73. The largest absolute Gasteiger partial charge is 0.373 e. The van der Waals surface area contributed by atoms with Crippen molar-refractivity contribution in [2.75, 3.05) is 25.5 Å². The Morgan fingerprint density at radius 3 is 2.89 bits per heavy atom. The lowest BCUT2D eigenvalue weighted by Gasteiger charge is -2.23. The lowest BCUT2D eigenvalue weighted by molar-refractivity contribution is 0.0740. The van der Waals surface area contributed by atoms with E-state index in [2.05, 4.69) is 30.2 Å². The Bertz CT molecular complexity index is 465. The molecule has 1 N–H and O–H groups in total. The van der Waals surface area contributed by atoms with Crippen LogP contribution in [0.3, 0.4) is 0 Å². The maximum atomic E-state index is 12.4. The first-order chi connectivity index (χ1) is 9.08. The maximum Gasteiger partial charge on any atom is 0.254 e. The minimum atomic E-state index is -0.0529. The van der Waals surface area contributed by atoms with E-state index in [4.69, 9.17) is 5.26 Å². The number of rotatable bonds is 6. The molecule has 0 unspecified atom stereocenters. The van der Waals surface area contributed by atoms with Crippen LogP contribution in [0.4, 0.5) is 5.82 Å². The number of nitrogens with one attached hydrogen (secondary N) is 1. The van der Waals surface area contributed by atoms with E-state index >= 15 is 0 Å². The van der Waals surface area contributed by atoms with Crippen LogP contribution < -0.4 is 5.32 Å². The van der Waals surface area contributed by atoms with Crippen molar-refractivity contribution in [2.24, 2.45) is 5.92 Å². The van der Waals surface area contributed by atoms with E-state index in [1.165, 1.54) is 0 Å². The van der Waals surface area contributed by atoms with Gasteiger partial charge in [-0.15, -0.1) is 0 Å². The fourth-order valence-corrected chi connectivity index (χ4v) is 1.78. The number of nitriles is 1. The monoisotopic (exact) mass is 260 g/mol. The number of nitrogens with zero attached hydrogens (tertiary/aromatic N) is 3. The summed E-state index contributed by atoms with van der Waals surface area (Å²) >= 11 is 0. The standard InChI is InChI=1S/C14H20N4O/c1-11(2)10-18(8-4-6-15)14(19)12-5-7-17-13(9-12)16-3/h5,7,9,11H,4,8,10H2,1-3H3,(H,16,17). The first-order valence-corrected chi connectivity index (χ1v) is 6.38. The molecule has 0 saturated carbocycles. The molecule has 102 valence electrons. The average molecular weight is 260 g/mol. The van der Waals surface area contributed by atoms with Crippen molar-refractivity contribution in [3.63, 3.8) is 0 Å². The van der Waals surface area contributed by atoms with Crippen molar-refractivity contribution in [3.8, 4) is 6.07 Å². The number of carbonyl (C=O) groups excluding carboxylic acids is 1. The van der Waals surface area contributed by atoms with Crippen LogP contribution in [0.2, 0.25) is 0 Å². The molecule has 0 aromatic carbocycles. The molecule has 5 nitrogen and oxygen atoms in total. The summed E-state index contributed by atoms with van der Waals surface area (Å²) < 4.78 is 0. The smallest absolute Gasteiger partial charge is 0.254 e. The van der Waals surface area contributed by atoms with Crippen LogP contribution in [0.25, 0.3) is 0 Å². The second-order valence-corrected chi connectivity index (χ2v) is 4.73. The molecule has 1 aromatic rings. The van der Waals surface area contributed by atoms with E-state index in [0.717, 1.165) is 0 Å². The van der Waals surface area contributed by atoms with Gasteiger partial charge in [-0.1, -0.05) is 13.8 Å². The molecule has 1 rings (SSSR count). The molecular formula is C14H20N4O. The second kappa shape index (κ2) is 7.37. The molecule has 0 aliphatic carbocycles. The van der Waals surface area contributed by atoms with Crippen LogP contribution >= 0.6 is 0 Å². The van der Waals surface area contributed by atoms with Crippen LogP contribution in [0.5, 0.6) is 0 Å². The van der Waals surface area contributed by atoms with E-state index in [1.54, 1.807) is 30.3 Å². The molecule has 0 atom stereocenters. The number of amides is 1. The van der Waals surface area contributed by atoms with Gasteiger partial charge in [-0.2, -0.15) is 5.26 Å². The first kappa shape index (κ1) is 15.0. The highest BCUT2D eigenvalue weighted by molar-refractivity contribution is 5.94. The lowest BCUT2D eigenvalue weighted by Crippen LogP contribution is -2.35. The fourth-order valence-electron chi connectivity index (χ4n) is 1.78. The third-order valence-electron chi connectivity index (χ3n) is 2.63. The first-order valence-electron chi connectivity index (χ1n) is 6.38. The quantitative estimate of drug-likeness (QED) is 0.850. The fraction of sp³-hybridized carbons (Fsp3) is 0.500. The van der Waals surface area contributed by atoms with Crippen molar-refractivity contribution in [2.45, 2.75) is 20.3 Å². The summed E-state index contributed by atoms with van der Waals surface area (Å²) in [7, 11) is 1.76. The third kappa shape index (κ3) is 4.59. The van der Waals surface area contributed by atoms with Gasteiger partial charge in [0, 0.05) is 31.9 Å². The molecule has 0 saturated heterocycles. The van der Waals surface area contributed by atoms with Gasteiger partial charge in [-0.25, -0.2) is 4.98 Å². The summed E-state index contributed by atoms with van der Waals surface area (Å²) in [6.07, 6.45) is 1.96. The Labute approximate surface area is 114 Å². The molecule has 5 heteroatoms. The predicted octanol–water partition coefficient (Wildman–Crippen LogP) is 2.14. The number of hydrogen-bond donors (Lipinski definition) is 1. The molecule has 1 heterocycles. The highest BCUT2D eigenvalue weighted by atomic mass is 16.2. The van der Waals surface area contributed by atoms with Crippen LogP contribution in [0.1, 0.15) is 30.6 Å². The molecule has 0 fully saturated rings. The molecule has 1 amide bonds. The number of pyridine rings is 1. The molecule has 0 aliphatic heterocycles. The molecule has 1 aromatic heterocycles. The SMILES string of the molecule is CNc1cc(C(=O)N(CCC#N)CC(C)C)ccn1. The normalized spacial score (nSPS) is 10.1. The van der Waals surface area contributed by atoms with Gasteiger partial charge in [0.05, 0.1) is 12.5 Å². The van der Waals surface area contributed by atoms with Crippen LogP contribution in [0, 0.1) is 17.2 Å². The van der Waals surface area contributed by atoms with E-state index < -0.39 is 0 Å². The summed E-state index contributed by atoms with van der Waals surface area (Å²) in [6, 6.07) is 5.50. The zero-order valence-electron chi connectivity index (χ0n) is 11.7. The molecule has 0 spiro atoms. The average Bonchev–Trinajstić information content (AvgIpc) is 2.42. The van der Waals surface area contributed by atoms with Crippen molar-refractivity contribution >= 4 is 11.7 Å². The molecule has 0 radical (unpaired) electrons. The summed E-state index contributed by atoms with van der Waals surface area (Å²) in [6.45, 7) is 5.22. The Morgan fingerprint density at radius 2 is 2.32 bits per heavy atom. The van der Waals surface area contributed by atoms with Gasteiger partial charge in [0.25, 0.3) is 5.91 Å². The molecular weight excluding hydrogens is 240 g/mol. The van der Waals surface area contributed by atoms with Crippen molar-refractivity contribution in [1.82, 2.24) is 9.88 Å². The van der Waals surface area contributed by atoms with Gasteiger partial charge in [-0.05, 0) is 18.1 Å². The van der Waals surface area contributed by atoms with Gasteiger partial charge in [0.2, 0.25) is 0 Å². The molecule has 0 aliphatic rings. The van der Waals surface area contributed by atoms with E-state index in [0.29, 0.717) is 36.8 Å². The van der Waals surface area contributed by atoms with Crippen LogP contribution in [0.15, 0.2) is 18.3 Å². The summed E-state index contributed by atoms with van der Waals surface area (Å²) in [5.41, 5.74) is 0.595. The Kier molecular flexibility index (Phi) is 5.80. The number of aromatic nitrogens is 1. The Balaban J connectivity index is 2.87. The van der Waals surface area contributed by atoms with Crippen molar-refractivity contribution in [1.29, 1.82) is 5.26 Å². The Morgan fingerprint density at radius 1 is 1.58 bits per heavy atom. The topological polar surface area (TPSA) is 69.0 Å². The summed E-state index contributed by atoms with van der Waals surface area (Å²) in [5.74, 6) is 0.978. The van der Waals surface area contributed by atoms with Crippen molar-refractivity contribution < 1.29 is 4.79 Å². The maximum absolute atomic E-state index is 12.4. The third-order valence-corrected chi connectivity index (χ3v) is 2.63. The highest BCUT2D eigenvalue weighted by Gasteiger charge is 2.17. The van der Waals surface area contributed by atoms with Crippen LogP contribution in [-0.4, -0.2) is 35.9 Å². The van der Waals surface area contributed by atoms with Crippen LogP contribution in [-0.2, 0) is 0 Å².